The van der Waals surface area contributed by atoms with Crippen molar-refractivity contribution >= 4 is 87.0 Å². The second-order valence-electron chi connectivity index (χ2n) is 13.5. The summed E-state index contributed by atoms with van der Waals surface area (Å²) in [6.07, 6.45) is 0. The van der Waals surface area contributed by atoms with Crippen molar-refractivity contribution in [3.8, 4) is 33.4 Å². The van der Waals surface area contributed by atoms with Crippen LogP contribution in [0.25, 0.3) is 33.4 Å². The zero-order valence-corrected chi connectivity index (χ0v) is 32.6. The lowest BCUT2D eigenvalue weighted by Gasteiger charge is -2.22. The summed E-state index contributed by atoms with van der Waals surface area (Å²) in [7, 11) is 5.40. The number of hydrogen-bond donors (Lipinski definition) is 2. The van der Waals surface area contributed by atoms with Crippen LogP contribution in [-0.4, -0.2) is 7.85 Å². The first-order valence-electron chi connectivity index (χ1n) is 16.0. The highest BCUT2D eigenvalue weighted by Crippen LogP contribution is 2.52. The fraction of sp³-hybridized carbons (Fsp3) is 0.143. The molecule has 8 rings (SSSR count). The molecule has 2 nitrogen and oxygen atoms in total. The zero-order valence-electron chi connectivity index (χ0n) is 28.0. The summed E-state index contributed by atoms with van der Waals surface area (Å²) < 4.78 is 0.976. The van der Waals surface area contributed by atoms with Gasteiger partial charge in [-0.25, -0.2) is 0 Å². The first-order chi connectivity index (χ1) is 23.6. The molecule has 0 unspecified atom stereocenters. The molecule has 0 saturated carbocycles. The molecule has 250 valence electrons. The molecule has 2 radical (unpaired) electrons. The third-order valence-corrected chi connectivity index (χ3v) is 11.4. The van der Waals surface area contributed by atoms with Gasteiger partial charge in [0.05, 0.1) is 0 Å². The first-order valence-corrected chi connectivity index (χ1v) is 18.3. The minimum Gasteiger partial charge on any atom is -0.398 e. The van der Waals surface area contributed by atoms with Gasteiger partial charge in [-0.15, -0.1) is 0 Å². The molecule has 0 fully saturated rings. The molecule has 8 heteroatoms. The monoisotopic (exact) mass is 796 g/mol. The molecule has 50 heavy (non-hydrogen) atoms. The lowest BCUT2D eigenvalue weighted by molar-refractivity contribution is 0.660. The smallest absolute Gasteiger partial charge is 0.115 e. The van der Waals surface area contributed by atoms with Gasteiger partial charge < -0.3 is 11.5 Å². The molecule has 4 N–H and O–H groups in total. The van der Waals surface area contributed by atoms with Crippen LogP contribution in [0.15, 0.2) is 114 Å². The van der Waals surface area contributed by atoms with E-state index >= 15 is 0 Å². The van der Waals surface area contributed by atoms with E-state index in [0.29, 0.717) is 25.6 Å². The number of hydrogen-bond acceptors (Lipinski definition) is 2. The SMILES string of the molecule is CC1(C)c2ccccc2-c2cc(-c3ccc(Cl)cc3Cl)c(N)cc21.CC1(C)c2ccccc2-c2cc(Br)c(N)cc21.[B]c1cc(Cl)ccc1Cl. The van der Waals surface area contributed by atoms with Crippen LogP contribution in [0, 0.1) is 0 Å². The fourth-order valence-electron chi connectivity index (χ4n) is 6.96. The van der Waals surface area contributed by atoms with E-state index in [1.165, 1.54) is 44.5 Å². The normalized spacial score (nSPS) is 13.9. The van der Waals surface area contributed by atoms with E-state index in [0.717, 1.165) is 27.0 Å². The van der Waals surface area contributed by atoms with Gasteiger partial charge in [0.25, 0.3) is 0 Å². The van der Waals surface area contributed by atoms with Gasteiger partial charge in [0.15, 0.2) is 0 Å². The van der Waals surface area contributed by atoms with Crippen LogP contribution in [0.2, 0.25) is 20.1 Å². The van der Waals surface area contributed by atoms with Gasteiger partial charge in [0, 0.05) is 57.9 Å². The Balaban J connectivity index is 0.000000144. The molecule has 6 aromatic carbocycles. The number of benzene rings is 6. The van der Waals surface area contributed by atoms with Gasteiger partial charge in [-0.05, 0) is 115 Å². The number of fused-ring (bicyclic) bond motifs is 6. The lowest BCUT2D eigenvalue weighted by atomic mass is 9.82. The van der Waals surface area contributed by atoms with Crippen LogP contribution in [-0.2, 0) is 10.8 Å². The minimum absolute atomic E-state index is 0.0424. The minimum atomic E-state index is -0.0532. The number of anilines is 2. The summed E-state index contributed by atoms with van der Waals surface area (Å²) in [6.45, 7) is 8.99. The average molecular weight is 799 g/mol. The Morgan fingerprint density at radius 3 is 1.52 bits per heavy atom. The molecule has 0 heterocycles. The van der Waals surface area contributed by atoms with Crippen molar-refractivity contribution in [1.82, 2.24) is 0 Å². The number of rotatable bonds is 1. The topological polar surface area (TPSA) is 52.0 Å². The zero-order chi connectivity index (χ0) is 36.1. The highest BCUT2D eigenvalue weighted by molar-refractivity contribution is 9.10. The number of nitrogen functional groups attached to an aromatic ring is 2. The van der Waals surface area contributed by atoms with Gasteiger partial charge in [-0.2, -0.15) is 0 Å². The van der Waals surface area contributed by atoms with E-state index in [4.69, 9.17) is 65.7 Å². The molecule has 2 aliphatic rings. The van der Waals surface area contributed by atoms with Crippen LogP contribution >= 0.6 is 62.3 Å². The summed E-state index contributed by atoms with van der Waals surface area (Å²) in [5.41, 5.74) is 26.7. The molecule has 0 bridgehead atoms. The van der Waals surface area contributed by atoms with E-state index in [9.17, 15) is 0 Å². The fourth-order valence-corrected chi connectivity index (χ4v) is 8.11. The maximum absolute atomic E-state index is 6.40. The summed E-state index contributed by atoms with van der Waals surface area (Å²) >= 11 is 27.1. The molecule has 0 saturated heterocycles. The number of halogens is 5. The van der Waals surface area contributed by atoms with Crippen LogP contribution < -0.4 is 16.9 Å². The predicted molar refractivity (Wildman–Crippen MR) is 222 cm³/mol. The maximum atomic E-state index is 6.40. The van der Waals surface area contributed by atoms with Crippen LogP contribution in [0.4, 0.5) is 11.4 Å². The van der Waals surface area contributed by atoms with Gasteiger partial charge in [0.1, 0.15) is 7.85 Å². The van der Waals surface area contributed by atoms with Crippen molar-refractivity contribution in [3.05, 3.63) is 156 Å². The van der Waals surface area contributed by atoms with E-state index in [1.54, 1.807) is 24.3 Å². The summed E-state index contributed by atoms with van der Waals surface area (Å²) in [6, 6.07) is 36.1. The highest BCUT2D eigenvalue weighted by atomic mass is 79.9. The molecular weight excluding hydrogens is 765 g/mol. The molecule has 0 atom stereocenters. The van der Waals surface area contributed by atoms with Crippen LogP contribution in [0.1, 0.15) is 49.9 Å². The summed E-state index contributed by atoms with van der Waals surface area (Å²) in [4.78, 5) is 0. The quantitative estimate of drug-likeness (QED) is 0.129. The Morgan fingerprint density at radius 1 is 0.480 bits per heavy atom. The molecule has 0 aromatic heterocycles. The molecule has 6 aromatic rings. The highest BCUT2D eigenvalue weighted by Gasteiger charge is 2.37. The van der Waals surface area contributed by atoms with Gasteiger partial charge in [-0.1, -0.05) is 134 Å². The van der Waals surface area contributed by atoms with E-state index in [2.05, 4.69) is 116 Å². The van der Waals surface area contributed by atoms with Gasteiger partial charge >= 0.3 is 0 Å². The predicted octanol–water partition coefficient (Wildman–Crippen LogP) is 12.7. The second-order valence-corrected chi connectivity index (χ2v) is 16.1. The van der Waals surface area contributed by atoms with Crippen molar-refractivity contribution in [1.29, 1.82) is 0 Å². The van der Waals surface area contributed by atoms with E-state index in [-0.39, 0.29) is 10.8 Å². The largest absolute Gasteiger partial charge is 0.398 e. The van der Waals surface area contributed by atoms with Crippen molar-refractivity contribution in [2.75, 3.05) is 11.5 Å². The van der Waals surface area contributed by atoms with Crippen LogP contribution in [0.5, 0.6) is 0 Å². The molecular formula is C42H34BBrCl4N2. The Bertz CT molecular complexity index is 2280. The van der Waals surface area contributed by atoms with Gasteiger partial charge in [-0.3, -0.25) is 0 Å². The average Bonchev–Trinajstić information content (AvgIpc) is 3.42. The van der Waals surface area contributed by atoms with Crippen molar-refractivity contribution < 1.29 is 0 Å². The van der Waals surface area contributed by atoms with Crippen LogP contribution in [0.3, 0.4) is 0 Å². The number of nitrogens with two attached hydrogens (primary N) is 2. The third kappa shape index (κ3) is 6.70. The summed E-state index contributed by atoms with van der Waals surface area (Å²) in [5.74, 6) is 0. The lowest BCUT2D eigenvalue weighted by Crippen LogP contribution is -2.15. The van der Waals surface area contributed by atoms with Crippen molar-refractivity contribution in [2.45, 2.75) is 38.5 Å². The molecule has 0 spiro atoms. The van der Waals surface area contributed by atoms with E-state index < -0.39 is 0 Å². The second kappa shape index (κ2) is 14.0. The van der Waals surface area contributed by atoms with Crippen molar-refractivity contribution in [3.63, 3.8) is 0 Å². The molecule has 0 aliphatic heterocycles. The Hall–Kier alpha value is -3.38. The van der Waals surface area contributed by atoms with Crippen molar-refractivity contribution in [2.24, 2.45) is 0 Å². The third-order valence-electron chi connectivity index (χ3n) is 9.63. The molecule has 0 amide bonds. The first kappa shape index (κ1) is 36.4. The van der Waals surface area contributed by atoms with Gasteiger partial charge in [0.2, 0.25) is 0 Å². The maximum Gasteiger partial charge on any atom is 0.115 e. The Morgan fingerprint density at radius 2 is 0.980 bits per heavy atom. The standard InChI is InChI=1S/C21H17Cl2N.C15H14BrN.C6H3BCl2/c1-21(2)17-6-4-3-5-13(17)15-10-16(20(24)11-18(15)21)14-8-7-12(22)9-19(14)23;1-15(2)11-6-4-3-5-9(11)10-7-13(16)14(17)8-12(10)15;7-5-3-4(8)1-2-6(5)9/h3-11H,24H2,1-2H3;3-8H,17H2,1-2H3;1-3H. The molecule has 2 aliphatic carbocycles. The Kier molecular flexibility index (Phi) is 10.2. The van der Waals surface area contributed by atoms with E-state index in [1.807, 2.05) is 12.1 Å². The Labute approximate surface area is 324 Å². The summed E-state index contributed by atoms with van der Waals surface area (Å²) in [5, 5.41) is 2.38.